The van der Waals surface area contributed by atoms with Gasteiger partial charge in [0.25, 0.3) is 0 Å². The lowest BCUT2D eigenvalue weighted by Gasteiger charge is -2.28. The summed E-state index contributed by atoms with van der Waals surface area (Å²) in [5, 5.41) is 0. The second-order valence-electron chi connectivity index (χ2n) is 6.28. The second kappa shape index (κ2) is 5.14. The summed E-state index contributed by atoms with van der Waals surface area (Å²) in [4.78, 5) is 26.1. The Kier molecular flexibility index (Phi) is 3.50. The first kappa shape index (κ1) is 12.9. The van der Waals surface area contributed by atoms with Crippen molar-refractivity contribution in [3.05, 3.63) is 0 Å². The van der Waals surface area contributed by atoms with E-state index >= 15 is 0 Å². The monoisotopic (exact) mass is 265 g/mol. The topological polar surface area (TPSA) is 46.6 Å². The van der Waals surface area contributed by atoms with E-state index < -0.39 is 0 Å². The number of fused-ring (bicyclic) bond motifs is 2. The number of carbonyl (C=O) groups is 2. The van der Waals surface area contributed by atoms with Gasteiger partial charge in [0.15, 0.2) is 0 Å². The highest BCUT2D eigenvalue weighted by Gasteiger charge is 2.46. The lowest BCUT2D eigenvalue weighted by molar-refractivity contribution is -0.151. The van der Waals surface area contributed by atoms with Gasteiger partial charge in [-0.15, -0.1) is 0 Å². The van der Waals surface area contributed by atoms with Gasteiger partial charge in [-0.25, -0.2) is 0 Å². The quantitative estimate of drug-likeness (QED) is 0.714. The van der Waals surface area contributed by atoms with E-state index in [0.717, 1.165) is 25.2 Å². The number of rotatable bonds is 5. The standard InChI is InChI=1S/C15H23NO3/c1-2-19-14(17)9-16(12-5-6-12)15(18)13-8-10-3-4-11(13)7-10/h10-13H,2-9H2,1H3. The molecule has 106 valence electrons. The number of hydrogen-bond donors (Lipinski definition) is 0. The van der Waals surface area contributed by atoms with Crippen LogP contribution in [0.4, 0.5) is 0 Å². The van der Waals surface area contributed by atoms with Crippen molar-refractivity contribution in [1.82, 2.24) is 4.90 Å². The third kappa shape index (κ3) is 2.63. The van der Waals surface area contributed by atoms with Gasteiger partial charge in [-0.1, -0.05) is 6.42 Å². The summed E-state index contributed by atoms with van der Waals surface area (Å²) < 4.78 is 4.99. The Morgan fingerprint density at radius 2 is 1.95 bits per heavy atom. The van der Waals surface area contributed by atoms with Gasteiger partial charge in [0.2, 0.25) is 5.91 Å². The van der Waals surface area contributed by atoms with Gasteiger partial charge in [0.05, 0.1) is 6.61 Å². The molecule has 4 heteroatoms. The molecule has 3 atom stereocenters. The first-order chi connectivity index (χ1) is 9.19. The lowest BCUT2D eigenvalue weighted by Crippen LogP contribution is -2.43. The van der Waals surface area contributed by atoms with Crippen LogP contribution >= 0.6 is 0 Å². The maximum Gasteiger partial charge on any atom is 0.325 e. The van der Waals surface area contributed by atoms with Crippen LogP contribution in [0.2, 0.25) is 0 Å². The molecule has 0 N–H and O–H groups in total. The van der Waals surface area contributed by atoms with Crippen molar-refractivity contribution in [2.75, 3.05) is 13.2 Å². The second-order valence-corrected chi connectivity index (χ2v) is 6.28. The molecule has 3 saturated carbocycles. The minimum atomic E-state index is -0.258. The first-order valence-electron chi connectivity index (χ1n) is 7.65. The van der Waals surface area contributed by atoms with E-state index in [1.54, 1.807) is 6.92 Å². The Hall–Kier alpha value is -1.06. The SMILES string of the molecule is CCOC(=O)CN(C(=O)C1CC2CCC1C2)C1CC1. The van der Waals surface area contributed by atoms with Gasteiger partial charge in [-0.3, -0.25) is 9.59 Å². The normalized spacial score (nSPS) is 32.4. The van der Waals surface area contributed by atoms with Crippen LogP contribution in [-0.4, -0.2) is 36.0 Å². The molecule has 2 bridgehead atoms. The maximum absolute atomic E-state index is 12.7. The highest BCUT2D eigenvalue weighted by molar-refractivity contribution is 5.84. The average molecular weight is 265 g/mol. The Morgan fingerprint density at radius 1 is 1.16 bits per heavy atom. The van der Waals surface area contributed by atoms with Crippen LogP contribution in [0, 0.1) is 17.8 Å². The van der Waals surface area contributed by atoms with Crippen LogP contribution in [0.15, 0.2) is 0 Å². The molecule has 3 aliphatic rings. The van der Waals surface area contributed by atoms with Crippen molar-refractivity contribution >= 4 is 11.9 Å². The summed E-state index contributed by atoms with van der Waals surface area (Å²) in [5.41, 5.74) is 0. The Morgan fingerprint density at radius 3 is 2.47 bits per heavy atom. The Bertz CT molecular complexity index is 378. The predicted molar refractivity (Wildman–Crippen MR) is 70.3 cm³/mol. The minimum absolute atomic E-state index is 0.158. The molecular weight excluding hydrogens is 242 g/mol. The molecule has 0 heterocycles. The highest BCUT2D eigenvalue weighted by Crippen LogP contribution is 2.49. The van der Waals surface area contributed by atoms with Gasteiger partial charge in [-0.05, 0) is 50.9 Å². The number of nitrogens with zero attached hydrogens (tertiary/aromatic N) is 1. The molecule has 1 amide bonds. The third-order valence-corrected chi connectivity index (χ3v) is 4.93. The van der Waals surface area contributed by atoms with Crippen molar-refractivity contribution in [3.8, 4) is 0 Å². The largest absolute Gasteiger partial charge is 0.465 e. The summed E-state index contributed by atoms with van der Waals surface area (Å²) in [6.07, 6.45) is 6.89. The number of amides is 1. The van der Waals surface area contributed by atoms with Crippen LogP contribution in [0.3, 0.4) is 0 Å². The number of carbonyl (C=O) groups excluding carboxylic acids is 2. The van der Waals surface area contributed by atoms with Crippen LogP contribution < -0.4 is 0 Å². The van der Waals surface area contributed by atoms with E-state index in [1.807, 2.05) is 4.90 Å². The van der Waals surface area contributed by atoms with E-state index in [4.69, 9.17) is 4.74 Å². The third-order valence-electron chi connectivity index (χ3n) is 4.93. The van der Waals surface area contributed by atoms with Crippen LogP contribution in [0.25, 0.3) is 0 Å². The molecule has 3 rings (SSSR count). The van der Waals surface area contributed by atoms with E-state index in [2.05, 4.69) is 0 Å². The van der Waals surface area contributed by atoms with Crippen molar-refractivity contribution in [2.24, 2.45) is 17.8 Å². The molecule has 4 nitrogen and oxygen atoms in total. The van der Waals surface area contributed by atoms with Crippen molar-refractivity contribution < 1.29 is 14.3 Å². The highest BCUT2D eigenvalue weighted by atomic mass is 16.5. The van der Waals surface area contributed by atoms with Crippen LogP contribution in [0.5, 0.6) is 0 Å². The molecular formula is C15H23NO3. The molecule has 3 aliphatic carbocycles. The average Bonchev–Trinajstić information content (AvgIpc) is 3.01. The van der Waals surface area contributed by atoms with Crippen LogP contribution in [0.1, 0.15) is 45.4 Å². The predicted octanol–water partition coefficient (Wildman–Crippen LogP) is 1.98. The fraction of sp³-hybridized carbons (Fsp3) is 0.867. The summed E-state index contributed by atoms with van der Waals surface area (Å²) in [6, 6.07) is 0.302. The van der Waals surface area contributed by atoms with E-state index in [9.17, 15) is 9.59 Å². The number of hydrogen-bond acceptors (Lipinski definition) is 3. The van der Waals surface area contributed by atoms with Gasteiger partial charge in [0.1, 0.15) is 6.54 Å². The fourth-order valence-corrected chi connectivity index (χ4v) is 3.88. The summed E-state index contributed by atoms with van der Waals surface area (Å²) in [7, 11) is 0. The van der Waals surface area contributed by atoms with Gasteiger partial charge >= 0.3 is 5.97 Å². The number of ether oxygens (including phenoxy) is 1. The van der Waals surface area contributed by atoms with Crippen LogP contribution in [-0.2, 0) is 14.3 Å². The maximum atomic E-state index is 12.7. The number of esters is 1. The Labute approximate surface area is 114 Å². The summed E-state index contributed by atoms with van der Waals surface area (Å²) in [5.74, 6) is 1.51. The zero-order valence-electron chi connectivity index (χ0n) is 11.6. The van der Waals surface area contributed by atoms with E-state index in [-0.39, 0.29) is 24.3 Å². The van der Waals surface area contributed by atoms with Crippen molar-refractivity contribution in [3.63, 3.8) is 0 Å². The molecule has 0 spiro atoms. The van der Waals surface area contributed by atoms with Crippen molar-refractivity contribution in [2.45, 2.75) is 51.5 Å². The molecule has 19 heavy (non-hydrogen) atoms. The molecule has 0 aromatic carbocycles. The zero-order valence-corrected chi connectivity index (χ0v) is 11.6. The first-order valence-corrected chi connectivity index (χ1v) is 7.65. The molecule has 0 saturated heterocycles. The fourth-order valence-electron chi connectivity index (χ4n) is 3.88. The molecule has 0 aromatic rings. The zero-order chi connectivity index (χ0) is 13.4. The molecule has 3 unspecified atom stereocenters. The Balaban J connectivity index is 1.63. The van der Waals surface area contributed by atoms with E-state index in [1.165, 1.54) is 19.3 Å². The summed E-state index contributed by atoms with van der Waals surface area (Å²) in [6.45, 7) is 2.35. The molecule has 0 aromatic heterocycles. The van der Waals surface area contributed by atoms with Gasteiger partial charge in [0, 0.05) is 12.0 Å². The smallest absolute Gasteiger partial charge is 0.325 e. The lowest BCUT2D eigenvalue weighted by atomic mass is 9.87. The molecule has 0 radical (unpaired) electrons. The minimum Gasteiger partial charge on any atom is -0.465 e. The summed E-state index contributed by atoms with van der Waals surface area (Å²) >= 11 is 0. The van der Waals surface area contributed by atoms with Crippen molar-refractivity contribution in [1.29, 1.82) is 0 Å². The van der Waals surface area contributed by atoms with E-state index in [0.29, 0.717) is 18.6 Å². The molecule has 3 fully saturated rings. The van der Waals surface area contributed by atoms with Gasteiger partial charge in [-0.2, -0.15) is 0 Å². The van der Waals surface area contributed by atoms with Gasteiger partial charge < -0.3 is 9.64 Å². The molecule has 0 aliphatic heterocycles.